The average Bonchev–Trinajstić information content (AvgIpc) is 2.71. The fraction of sp³-hybridized carbons (Fsp3) is 0.333. The van der Waals surface area contributed by atoms with E-state index in [0.29, 0.717) is 44.2 Å². The Balaban J connectivity index is 1.47. The van der Waals surface area contributed by atoms with Crippen molar-refractivity contribution >= 4 is 17.5 Å². The second-order valence-electron chi connectivity index (χ2n) is 6.41. The fourth-order valence-electron chi connectivity index (χ4n) is 3.17. The van der Waals surface area contributed by atoms with Crippen LogP contribution in [0.25, 0.3) is 0 Å². The Kier molecular flexibility index (Phi) is 6.69. The molecule has 6 heteroatoms. The quantitative estimate of drug-likeness (QED) is 0.765. The summed E-state index contributed by atoms with van der Waals surface area (Å²) in [4.78, 5) is 16.3. The van der Waals surface area contributed by atoms with Gasteiger partial charge in [-0.05, 0) is 29.8 Å². The summed E-state index contributed by atoms with van der Waals surface area (Å²) in [5.74, 6) is 0.862. The van der Waals surface area contributed by atoms with E-state index in [9.17, 15) is 10.1 Å². The third kappa shape index (κ3) is 5.22. The van der Waals surface area contributed by atoms with Crippen molar-refractivity contribution in [3.8, 4) is 11.8 Å². The highest BCUT2D eigenvalue weighted by molar-refractivity contribution is 6.30. The van der Waals surface area contributed by atoms with Crippen LogP contribution in [0.3, 0.4) is 0 Å². The van der Waals surface area contributed by atoms with Gasteiger partial charge in [0.1, 0.15) is 11.8 Å². The number of ether oxygens (including phenoxy) is 1. The van der Waals surface area contributed by atoms with Gasteiger partial charge in [-0.15, -0.1) is 0 Å². The molecule has 1 aliphatic rings. The number of rotatable bonds is 6. The first kappa shape index (κ1) is 19.2. The molecule has 0 bridgehead atoms. The summed E-state index contributed by atoms with van der Waals surface area (Å²) in [7, 11) is 0. The van der Waals surface area contributed by atoms with Crippen LogP contribution < -0.4 is 4.74 Å². The normalized spacial score (nSPS) is 15.8. The molecular formula is C21H22ClN3O2. The van der Waals surface area contributed by atoms with Gasteiger partial charge in [0, 0.05) is 31.2 Å². The summed E-state index contributed by atoms with van der Waals surface area (Å²) >= 11 is 5.93. The summed E-state index contributed by atoms with van der Waals surface area (Å²) in [6.45, 7) is 2.96. The van der Waals surface area contributed by atoms with Gasteiger partial charge in [-0.25, -0.2) is 0 Å². The van der Waals surface area contributed by atoms with Crippen molar-refractivity contribution in [2.45, 2.75) is 12.5 Å². The zero-order chi connectivity index (χ0) is 19.1. The van der Waals surface area contributed by atoms with E-state index in [2.05, 4.69) is 11.0 Å². The van der Waals surface area contributed by atoms with Gasteiger partial charge in [0.15, 0.2) is 0 Å². The highest BCUT2D eigenvalue weighted by Crippen LogP contribution is 2.23. The van der Waals surface area contributed by atoms with Crippen LogP contribution in [-0.4, -0.2) is 48.5 Å². The maximum absolute atomic E-state index is 12.4. The lowest BCUT2D eigenvalue weighted by atomic mass is 10.1. The van der Waals surface area contributed by atoms with Crippen LogP contribution in [0.1, 0.15) is 18.0 Å². The molecule has 1 amide bonds. The van der Waals surface area contributed by atoms with Crippen LogP contribution in [0.2, 0.25) is 5.02 Å². The second-order valence-corrected chi connectivity index (χ2v) is 6.85. The second kappa shape index (κ2) is 9.40. The SMILES string of the molecule is N#CC(c1ccc(Cl)cc1)N1CCN(C(=O)CCOc2ccccc2)CC1. The van der Waals surface area contributed by atoms with Crippen molar-refractivity contribution in [3.05, 3.63) is 65.2 Å². The van der Waals surface area contributed by atoms with Gasteiger partial charge in [-0.1, -0.05) is 41.9 Å². The van der Waals surface area contributed by atoms with E-state index in [4.69, 9.17) is 16.3 Å². The van der Waals surface area contributed by atoms with Crippen LogP contribution in [0.5, 0.6) is 5.75 Å². The lowest BCUT2D eigenvalue weighted by Gasteiger charge is -2.37. The van der Waals surface area contributed by atoms with E-state index >= 15 is 0 Å². The van der Waals surface area contributed by atoms with Crippen molar-refractivity contribution in [3.63, 3.8) is 0 Å². The number of amides is 1. The monoisotopic (exact) mass is 383 g/mol. The summed E-state index contributed by atoms with van der Waals surface area (Å²) in [5, 5.41) is 10.2. The van der Waals surface area contributed by atoms with Crippen LogP contribution in [0.4, 0.5) is 0 Å². The van der Waals surface area contributed by atoms with Crippen molar-refractivity contribution in [2.75, 3.05) is 32.8 Å². The molecule has 1 atom stereocenters. The Labute approximate surface area is 164 Å². The Bertz CT molecular complexity index is 781. The average molecular weight is 384 g/mol. The molecule has 0 saturated carbocycles. The number of benzene rings is 2. The third-order valence-corrected chi connectivity index (χ3v) is 4.92. The van der Waals surface area contributed by atoms with Crippen LogP contribution in [0, 0.1) is 11.3 Å². The maximum atomic E-state index is 12.4. The molecule has 1 heterocycles. The Hall–Kier alpha value is -2.55. The number of piperazine rings is 1. The van der Waals surface area contributed by atoms with Crippen molar-refractivity contribution in [2.24, 2.45) is 0 Å². The predicted octanol–water partition coefficient (Wildman–Crippen LogP) is 3.52. The zero-order valence-corrected chi connectivity index (χ0v) is 15.8. The number of nitrogens with zero attached hydrogens (tertiary/aromatic N) is 3. The van der Waals surface area contributed by atoms with Gasteiger partial charge >= 0.3 is 0 Å². The number of carbonyl (C=O) groups excluding carboxylic acids is 1. The van der Waals surface area contributed by atoms with Gasteiger partial charge in [-0.3, -0.25) is 9.69 Å². The lowest BCUT2D eigenvalue weighted by molar-refractivity contribution is -0.133. The molecule has 2 aromatic carbocycles. The van der Waals surface area contributed by atoms with Gasteiger partial charge in [0.05, 0.1) is 19.1 Å². The summed E-state index contributed by atoms with van der Waals surface area (Å²) in [6, 6.07) is 18.9. The van der Waals surface area contributed by atoms with Crippen molar-refractivity contribution in [1.29, 1.82) is 5.26 Å². The van der Waals surface area contributed by atoms with Gasteiger partial charge in [0.25, 0.3) is 0 Å². The molecule has 0 aliphatic carbocycles. The molecular weight excluding hydrogens is 362 g/mol. The minimum absolute atomic E-state index is 0.0885. The number of hydrogen-bond acceptors (Lipinski definition) is 4. The first-order valence-corrected chi connectivity index (χ1v) is 9.40. The molecule has 1 unspecified atom stereocenters. The first-order chi connectivity index (χ1) is 13.2. The Morgan fingerprint density at radius 1 is 1.07 bits per heavy atom. The molecule has 1 saturated heterocycles. The molecule has 0 radical (unpaired) electrons. The summed E-state index contributed by atoms with van der Waals surface area (Å²) in [5.41, 5.74) is 0.929. The smallest absolute Gasteiger partial charge is 0.226 e. The summed E-state index contributed by atoms with van der Waals surface area (Å²) < 4.78 is 5.60. The van der Waals surface area contributed by atoms with E-state index in [1.807, 2.05) is 47.4 Å². The number of carbonyl (C=O) groups is 1. The maximum Gasteiger partial charge on any atom is 0.226 e. The molecule has 0 N–H and O–H groups in total. The molecule has 2 aromatic rings. The molecule has 27 heavy (non-hydrogen) atoms. The first-order valence-electron chi connectivity index (χ1n) is 9.02. The van der Waals surface area contributed by atoms with Crippen LogP contribution in [0.15, 0.2) is 54.6 Å². The van der Waals surface area contributed by atoms with E-state index in [1.165, 1.54) is 0 Å². The van der Waals surface area contributed by atoms with Gasteiger partial charge < -0.3 is 9.64 Å². The van der Waals surface area contributed by atoms with Crippen molar-refractivity contribution in [1.82, 2.24) is 9.80 Å². The van der Waals surface area contributed by atoms with Crippen molar-refractivity contribution < 1.29 is 9.53 Å². The topological polar surface area (TPSA) is 56.6 Å². The molecule has 0 aromatic heterocycles. The number of hydrogen-bond donors (Lipinski definition) is 0. The zero-order valence-electron chi connectivity index (χ0n) is 15.1. The molecule has 0 spiro atoms. The minimum Gasteiger partial charge on any atom is -0.493 e. The van der Waals surface area contributed by atoms with E-state index in [1.54, 1.807) is 12.1 Å². The largest absolute Gasteiger partial charge is 0.493 e. The van der Waals surface area contributed by atoms with Gasteiger partial charge in [0.2, 0.25) is 5.91 Å². The Morgan fingerprint density at radius 3 is 2.37 bits per heavy atom. The van der Waals surface area contributed by atoms with E-state index in [0.717, 1.165) is 11.3 Å². The van der Waals surface area contributed by atoms with E-state index < -0.39 is 0 Å². The van der Waals surface area contributed by atoms with Crippen LogP contribution in [-0.2, 0) is 4.79 Å². The number of nitriles is 1. The standard InChI is InChI=1S/C21H22ClN3O2/c22-18-8-6-17(7-9-18)20(16-23)24-11-13-25(14-12-24)21(26)10-15-27-19-4-2-1-3-5-19/h1-9,20H,10-15H2. The molecule has 3 rings (SSSR count). The molecule has 1 fully saturated rings. The number of halogens is 1. The highest BCUT2D eigenvalue weighted by atomic mass is 35.5. The fourth-order valence-corrected chi connectivity index (χ4v) is 3.30. The number of para-hydroxylation sites is 1. The minimum atomic E-state index is -0.319. The Morgan fingerprint density at radius 2 is 1.74 bits per heavy atom. The molecule has 1 aliphatic heterocycles. The molecule has 5 nitrogen and oxygen atoms in total. The van der Waals surface area contributed by atoms with E-state index in [-0.39, 0.29) is 11.9 Å². The molecule has 140 valence electrons. The summed E-state index contributed by atoms with van der Waals surface area (Å²) in [6.07, 6.45) is 0.355. The van der Waals surface area contributed by atoms with Crippen LogP contribution >= 0.6 is 11.6 Å². The third-order valence-electron chi connectivity index (χ3n) is 4.67. The van der Waals surface area contributed by atoms with Gasteiger partial charge in [-0.2, -0.15) is 5.26 Å². The highest BCUT2D eigenvalue weighted by Gasteiger charge is 2.26. The lowest BCUT2D eigenvalue weighted by Crippen LogP contribution is -2.49. The predicted molar refractivity (Wildman–Crippen MR) is 105 cm³/mol.